The molecule has 2 aromatic rings. The number of carboxylic acids is 1. The van der Waals surface area contributed by atoms with Gasteiger partial charge in [-0.15, -0.1) is 11.3 Å². The molecular formula is C20H18O4S. The number of carbonyl (C=O) groups is 3. The molecule has 0 aliphatic heterocycles. The quantitative estimate of drug-likeness (QED) is 0.843. The molecule has 2 aliphatic carbocycles. The van der Waals surface area contributed by atoms with Crippen LogP contribution in [0.4, 0.5) is 0 Å². The predicted octanol–water partition coefficient (Wildman–Crippen LogP) is 4.07. The first-order valence-electron chi connectivity index (χ1n) is 8.47. The summed E-state index contributed by atoms with van der Waals surface area (Å²) >= 11 is 1.55. The highest BCUT2D eigenvalue weighted by molar-refractivity contribution is 7.15. The van der Waals surface area contributed by atoms with Crippen LogP contribution in [0.25, 0.3) is 10.4 Å². The molecule has 1 aromatic heterocycles. The van der Waals surface area contributed by atoms with E-state index in [9.17, 15) is 14.4 Å². The summed E-state index contributed by atoms with van der Waals surface area (Å²) in [6.45, 7) is 1.95. The maximum atomic E-state index is 12.7. The lowest BCUT2D eigenvalue weighted by Gasteiger charge is -2.25. The molecule has 25 heavy (non-hydrogen) atoms. The van der Waals surface area contributed by atoms with Crippen LogP contribution >= 0.6 is 11.3 Å². The highest BCUT2D eigenvalue weighted by Crippen LogP contribution is 2.46. The van der Waals surface area contributed by atoms with Gasteiger partial charge in [0, 0.05) is 21.6 Å². The van der Waals surface area contributed by atoms with Gasteiger partial charge in [0.15, 0.2) is 11.6 Å². The van der Waals surface area contributed by atoms with Gasteiger partial charge in [-0.05, 0) is 55.5 Å². The zero-order chi connectivity index (χ0) is 17.7. The van der Waals surface area contributed by atoms with E-state index in [-0.39, 0.29) is 29.0 Å². The summed E-state index contributed by atoms with van der Waals surface area (Å²) in [6.07, 6.45) is 2.43. The first kappa shape index (κ1) is 16.2. The van der Waals surface area contributed by atoms with E-state index in [1.165, 1.54) is 0 Å². The second-order valence-electron chi connectivity index (χ2n) is 6.95. The van der Waals surface area contributed by atoms with Crippen LogP contribution in [0, 0.1) is 18.8 Å². The second-order valence-corrected chi connectivity index (χ2v) is 8.21. The van der Waals surface area contributed by atoms with Crippen LogP contribution in [0.5, 0.6) is 0 Å². The Kier molecular flexibility index (Phi) is 3.84. The number of carboxylic acid groups (broad SMARTS) is 1. The van der Waals surface area contributed by atoms with Crippen LogP contribution in [-0.2, 0) is 9.59 Å². The van der Waals surface area contributed by atoms with Gasteiger partial charge in [-0.3, -0.25) is 9.59 Å². The van der Waals surface area contributed by atoms with Crippen LogP contribution < -0.4 is 0 Å². The second kappa shape index (κ2) is 5.92. The Hall–Kier alpha value is -2.27. The Balaban J connectivity index is 1.70. The number of Topliss-reactive ketones (excluding diaryl/α,β-unsaturated/α-hetero) is 2. The number of carbonyl (C=O) groups excluding carboxylic acids is 2. The van der Waals surface area contributed by atoms with Gasteiger partial charge in [0.25, 0.3) is 0 Å². The van der Waals surface area contributed by atoms with Crippen molar-refractivity contribution < 1.29 is 19.5 Å². The van der Waals surface area contributed by atoms with E-state index < -0.39 is 11.9 Å². The molecular weight excluding hydrogens is 336 g/mol. The molecule has 4 nitrogen and oxygen atoms in total. The zero-order valence-electron chi connectivity index (χ0n) is 13.8. The number of benzene rings is 1. The van der Waals surface area contributed by atoms with Gasteiger partial charge in [0.1, 0.15) is 5.92 Å². The third-order valence-corrected chi connectivity index (χ3v) is 6.61. The highest BCUT2D eigenvalue weighted by Gasteiger charge is 2.48. The summed E-state index contributed by atoms with van der Waals surface area (Å²) in [5.74, 6) is -1.28. The van der Waals surface area contributed by atoms with Gasteiger partial charge < -0.3 is 5.11 Å². The minimum absolute atomic E-state index is 0.0466. The van der Waals surface area contributed by atoms with Crippen LogP contribution in [0.2, 0.25) is 0 Å². The van der Waals surface area contributed by atoms with E-state index in [1.54, 1.807) is 35.6 Å². The molecule has 2 aliphatic rings. The number of thiophene rings is 1. The number of aryl methyl sites for hydroxylation is 1. The Labute approximate surface area is 149 Å². The average molecular weight is 354 g/mol. The maximum Gasteiger partial charge on any atom is 0.335 e. The van der Waals surface area contributed by atoms with Gasteiger partial charge in [-0.25, -0.2) is 4.79 Å². The normalized spacial score (nSPS) is 25.4. The lowest BCUT2D eigenvalue weighted by molar-refractivity contribution is -0.135. The molecule has 5 heteroatoms. The Morgan fingerprint density at radius 2 is 1.68 bits per heavy atom. The van der Waals surface area contributed by atoms with Gasteiger partial charge in [0.05, 0.1) is 5.56 Å². The van der Waals surface area contributed by atoms with Gasteiger partial charge in [-0.2, -0.15) is 0 Å². The summed E-state index contributed by atoms with van der Waals surface area (Å²) in [7, 11) is 0. The molecule has 0 radical (unpaired) electrons. The first-order chi connectivity index (χ1) is 12.0. The lowest BCUT2D eigenvalue weighted by atomic mass is 9.75. The first-order valence-corrected chi connectivity index (χ1v) is 9.29. The molecule has 4 rings (SSSR count). The fraction of sp³-hybridized carbons (Fsp3) is 0.350. The van der Waals surface area contributed by atoms with E-state index >= 15 is 0 Å². The standard InChI is InChI=1S/C20H18O4S/c1-10-15(17-18(21)13-6-7-14(8-13)19(17)22)9-16(25-10)11-2-4-12(5-3-11)20(23)24/h2-5,9,13-14,17H,6-8H2,1H3,(H,23,24)/t13-,14+,17?. The minimum atomic E-state index is -0.955. The molecule has 2 bridgehead atoms. The SMILES string of the molecule is Cc1sc(-c2ccc(C(=O)O)cc2)cc1C1C(=O)[C@@H]2CC[C@@H](C2)C1=O. The Morgan fingerprint density at radius 3 is 2.24 bits per heavy atom. The number of hydrogen-bond acceptors (Lipinski definition) is 4. The third-order valence-electron chi connectivity index (χ3n) is 5.49. The molecule has 0 amide bonds. The lowest BCUT2D eigenvalue weighted by Crippen LogP contribution is -2.34. The van der Waals surface area contributed by atoms with E-state index in [0.717, 1.165) is 40.1 Å². The molecule has 1 heterocycles. The Bertz CT molecular complexity index is 856. The number of aromatic carboxylic acids is 1. The zero-order valence-corrected chi connectivity index (χ0v) is 14.6. The fourth-order valence-corrected chi connectivity index (χ4v) is 5.18. The number of fused-ring (bicyclic) bond motifs is 2. The summed E-state index contributed by atoms with van der Waals surface area (Å²) < 4.78 is 0. The van der Waals surface area contributed by atoms with Crippen molar-refractivity contribution in [1.82, 2.24) is 0 Å². The monoisotopic (exact) mass is 354 g/mol. The van der Waals surface area contributed by atoms with E-state index in [0.29, 0.717) is 0 Å². The van der Waals surface area contributed by atoms with Crippen molar-refractivity contribution in [2.45, 2.75) is 32.1 Å². The van der Waals surface area contributed by atoms with Crippen molar-refractivity contribution >= 4 is 28.9 Å². The summed E-state index contributed by atoms with van der Waals surface area (Å²) in [6, 6.07) is 8.63. The number of ketones is 2. The van der Waals surface area contributed by atoms with Crippen LogP contribution in [0.15, 0.2) is 30.3 Å². The van der Waals surface area contributed by atoms with E-state index in [1.807, 2.05) is 13.0 Å². The maximum absolute atomic E-state index is 12.7. The van der Waals surface area contributed by atoms with Crippen molar-refractivity contribution in [2.24, 2.45) is 11.8 Å². The smallest absolute Gasteiger partial charge is 0.335 e. The molecule has 3 atom stereocenters. The molecule has 0 saturated heterocycles. The highest BCUT2D eigenvalue weighted by atomic mass is 32.1. The molecule has 2 fully saturated rings. The van der Waals surface area contributed by atoms with Crippen molar-refractivity contribution in [3.63, 3.8) is 0 Å². The predicted molar refractivity (Wildman–Crippen MR) is 95.0 cm³/mol. The average Bonchev–Trinajstić information content (AvgIpc) is 3.20. The molecule has 0 spiro atoms. The van der Waals surface area contributed by atoms with Gasteiger partial charge >= 0.3 is 5.97 Å². The van der Waals surface area contributed by atoms with E-state index in [2.05, 4.69) is 0 Å². The molecule has 1 aromatic carbocycles. The van der Waals surface area contributed by atoms with Crippen LogP contribution in [0.3, 0.4) is 0 Å². The van der Waals surface area contributed by atoms with Crippen LogP contribution in [-0.4, -0.2) is 22.6 Å². The fourth-order valence-electron chi connectivity index (χ4n) is 4.12. The third kappa shape index (κ3) is 2.63. The van der Waals surface area contributed by atoms with Gasteiger partial charge in [-0.1, -0.05) is 12.1 Å². The topological polar surface area (TPSA) is 71.4 Å². The van der Waals surface area contributed by atoms with E-state index in [4.69, 9.17) is 5.11 Å². The van der Waals surface area contributed by atoms with Crippen molar-refractivity contribution in [1.29, 1.82) is 0 Å². The summed E-state index contributed by atoms with van der Waals surface area (Å²) in [5.41, 5.74) is 1.99. The summed E-state index contributed by atoms with van der Waals surface area (Å²) in [5, 5.41) is 9.01. The minimum Gasteiger partial charge on any atom is -0.478 e. The van der Waals surface area contributed by atoms with Crippen molar-refractivity contribution in [3.05, 3.63) is 46.3 Å². The molecule has 1 N–H and O–H groups in total. The van der Waals surface area contributed by atoms with Gasteiger partial charge in [0.2, 0.25) is 0 Å². The molecule has 128 valence electrons. The van der Waals surface area contributed by atoms with Crippen molar-refractivity contribution in [3.8, 4) is 10.4 Å². The summed E-state index contributed by atoms with van der Waals surface area (Å²) in [4.78, 5) is 38.4. The largest absolute Gasteiger partial charge is 0.478 e. The van der Waals surface area contributed by atoms with Crippen molar-refractivity contribution in [2.75, 3.05) is 0 Å². The Morgan fingerprint density at radius 1 is 1.08 bits per heavy atom. The molecule has 1 unspecified atom stereocenters. The number of rotatable bonds is 3. The van der Waals surface area contributed by atoms with Crippen LogP contribution in [0.1, 0.15) is 46.0 Å². The number of hydrogen-bond donors (Lipinski definition) is 1. The molecule has 2 saturated carbocycles.